The first-order chi connectivity index (χ1) is 12.5. The van der Waals surface area contributed by atoms with Crippen molar-refractivity contribution in [2.24, 2.45) is 0 Å². The van der Waals surface area contributed by atoms with E-state index in [-0.39, 0.29) is 0 Å². The van der Waals surface area contributed by atoms with Gasteiger partial charge in [0, 0.05) is 38.2 Å². The summed E-state index contributed by atoms with van der Waals surface area (Å²) in [6.45, 7) is 0. The predicted molar refractivity (Wildman–Crippen MR) is 112 cm³/mol. The lowest BCUT2D eigenvalue weighted by Crippen LogP contribution is -2.36. The van der Waals surface area contributed by atoms with Crippen LogP contribution in [0.1, 0.15) is 0 Å². The molecule has 26 heavy (non-hydrogen) atoms. The number of hydrogen-bond acceptors (Lipinski definition) is 1. The third-order valence-corrected chi connectivity index (χ3v) is 7.60. The van der Waals surface area contributed by atoms with Crippen LogP contribution in [0.3, 0.4) is 0 Å². The zero-order chi connectivity index (χ0) is 18.6. The number of para-hydroxylation sites is 3. The maximum atomic E-state index is 14.5. The summed E-state index contributed by atoms with van der Waals surface area (Å²) in [5, 5.41) is 0. The van der Waals surface area contributed by atoms with Crippen molar-refractivity contribution in [3.8, 4) is 0 Å². The normalized spacial score (nSPS) is 11.0. The standard InChI is InChI=1S/C21H24N3OP/c1-22(19-13-7-4-8-14-19)26(25,23(2)20-15-9-5-10-16-20)24(3)21-17-11-6-12-18-21/h4-18H,1-3H3. The Hall–Kier alpha value is -2.71. The average Bonchev–Trinajstić information content (AvgIpc) is 2.73. The Labute approximate surface area is 155 Å². The van der Waals surface area contributed by atoms with Gasteiger partial charge in [-0.25, -0.2) is 4.57 Å². The fourth-order valence-electron chi connectivity index (χ4n) is 2.99. The Bertz CT molecular complexity index is 754. The Kier molecular flexibility index (Phi) is 5.34. The van der Waals surface area contributed by atoms with E-state index in [1.54, 1.807) is 0 Å². The fraction of sp³-hybridized carbons (Fsp3) is 0.143. The molecule has 134 valence electrons. The van der Waals surface area contributed by atoms with E-state index in [9.17, 15) is 4.57 Å². The maximum absolute atomic E-state index is 14.5. The number of benzene rings is 3. The van der Waals surface area contributed by atoms with Gasteiger partial charge in [0.2, 0.25) is 0 Å². The second kappa shape index (κ2) is 7.67. The summed E-state index contributed by atoms with van der Waals surface area (Å²) in [6, 6.07) is 29.5. The van der Waals surface area contributed by atoms with Crippen LogP contribution in [0.2, 0.25) is 0 Å². The highest BCUT2D eigenvalue weighted by atomic mass is 31.2. The fourth-order valence-corrected chi connectivity index (χ4v) is 5.50. The molecule has 3 rings (SSSR count). The van der Waals surface area contributed by atoms with E-state index in [1.165, 1.54) is 0 Å². The largest absolute Gasteiger partial charge is 0.359 e. The lowest BCUT2D eigenvalue weighted by Gasteiger charge is -2.43. The molecule has 0 amide bonds. The third kappa shape index (κ3) is 3.33. The molecule has 5 heteroatoms. The van der Waals surface area contributed by atoms with Crippen LogP contribution in [-0.4, -0.2) is 21.1 Å². The summed E-state index contributed by atoms with van der Waals surface area (Å²) < 4.78 is 20.1. The molecule has 0 fully saturated rings. The molecule has 0 saturated carbocycles. The molecule has 0 aromatic heterocycles. The third-order valence-electron chi connectivity index (χ3n) is 4.56. The molecule has 0 aliphatic carbocycles. The van der Waals surface area contributed by atoms with Gasteiger partial charge in [0.05, 0.1) is 0 Å². The lowest BCUT2D eigenvalue weighted by atomic mass is 10.3. The molecule has 0 radical (unpaired) electrons. The second-order valence-corrected chi connectivity index (χ2v) is 8.92. The monoisotopic (exact) mass is 365 g/mol. The Morgan fingerprint density at radius 3 is 0.962 bits per heavy atom. The molecule has 0 aliphatic heterocycles. The zero-order valence-corrected chi connectivity index (χ0v) is 16.3. The second-order valence-electron chi connectivity index (χ2n) is 6.09. The summed E-state index contributed by atoms with van der Waals surface area (Å²) in [4.78, 5) is 0. The molecule has 0 N–H and O–H groups in total. The van der Waals surface area contributed by atoms with Crippen LogP contribution in [-0.2, 0) is 4.57 Å². The van der Waals surface area contributed by atoms with E-state index in [0.717, 1.165) is 17.1 Å². The van der Waals surface area contributed by atoms with Gasteiger partial charge in [-0.2, -0.15) is 0 Å². The molecule has 0 unspecified atom stereocenters. The van der Waals surface area contributed by atoms with Gasteiger partial charge in [-0.05, 0) is 36.4 Å². The van der Waals surface area contributed by atoms with Crippen molar-refractivity contribution in [3.05, 3.63) is 91.0 Å². The number of hydrogen-bond donors (Lipinski definition) is 0. The van der Waals surface area contributed by atoms with E-state index >= 15 is 0 Å². The molecular weight excluding hydrogens is 341 g/mol. The summed E-state index contributed by atoms with van der Waals surface area (Å²) >= 11 is 0. The Morgan fingerprint density at radius 2 is 0.731 bits per heavy atom. The first-order valence-electron chi connectivity index (χ1n) is 8.53. The van der Waals surface area contributed by atoms with Crippen LogP contribution in [0.15, 0.2) is 91.0 Å². The van der Waals surface area contributed by atoms with Crippen LogP contribution in [0.5, 0.6) is 0 Å². The topological polar surface area (TPSA) is 26.8 Å². The van der Waals surface area contributed by atoms with E-state index < -0.39 is 7.59 Å². The predicted octanol–water partition coefficient (Wildman–Crippen LogP) is 5.50. The van der Waals surface area contributed by atoms with Crippen LogP contribution >= 0.6 is 7.59 Å². The molecule has 3 aromatic carbocycles. The van der Waals surface area contributed by atoms with Gasteiger partial charge in [-0.3, -0.25) is 14.0 Å². The molecule has 0 aliphatic rings. The summed E-state index contributed by atoms with van der Waals surface area (Å²) in [7, 11) is 2.49. The highest BCUT2D eigenvalue weighted by Gasteiger charge is 2.38. The van der Waals surface area contributed by atoms with Crippen LogP contribution in [0.4, 0.5) is 17.1 Å². The van der Waals surface area contributed by atoms with Crippen LogP contribution in [0, 0.1) is 0 Å². The molecule has 0 heterocycles. The van der Waals surface area contributed by atoms with Gasteiger partial charge in [-0.15, -0.1) is 0 Å². The van der Waals surface area contributed by atoms with Crippen molar-refractivity contribution >= 4 is 24.7 Å². The number of nitrogens with zero attached hydrogens (tertiary/aromatic N) is 3. The van der Waals surface area contributed by atoms with E-state index in [1.807, 2.05) is 126 Å². The van der Waals surface area contributed by atoms with Gasteiger partial charge in [0.15, 0.2) is 0 Å². The van der Waals surface area contributed by atoms with Crippen molar-refractivity contribution in [1.82, 2.24) is 0 Å². The first kappa shape index (κ1) is 18.1. The summed E-state index contributed by atoms with van der Waals surface area (Å²) in [5.74, 6) is 0. The minimum atomic E-state index is -3.16. The van der Waals surface area contributed by atoms with Gasteiger partial charge >= 0.3 is 7.59 Å². The van der Waals surface area contributed by atoms with Gasteiger partial charge in [0.1, 0.15) is 0 Å². The van der Waals surface area contributed by atoms with Crippen molar-refractivity contribution < 1.29 is 4.57 Å². The smallest absolute Gasteiger partial charge is 0.293 e. The van der Waals surface area contributed by atoms with Gasteiger partial charge < -0.3 is 0 Å². The number of rotatable bonds is 6. The zero-order valence-electron chi connectivity index (χ0n) is 15.4. The summed E-state index contributed by atoms with van der Waals surface area (Å²) in [5.41, 5.74) is 2.71. The summed E-state index contributed by atoms with van der Waals surface area (Å²) in [6.07, 6.45) is 0. The SMILES string of the molecule is CN(c1ccccc1)P(=O)(N(C)c1ccccc1)N(C)c1ccccc1. The van der Waals surface area contributed by atoms with E-state index in [2.05, 4.69) is 0 Å². The molecule has 0 bridgehead atoms. The molecule has 4 nitrogen and oxygen atoms in total. The highest BCUT2D eigenvalue weighted by molar-refractivity contribution is 7.68. The molecule has 0 spiro atoms. The minimum absolute atomic E-state index is 0.904. The number of anilines is 3. The van der Waals surface area contributed by atoms with Gasteiger partial charge in [0.25, 0.3) is 0 Å². The van der Waals surface area contributed by atoms with Crippen molar-refractivity contribution in [3.63, 3.8) is 0 Å². The van der Waals surface area contributed by atoms with E-state index in [0.29, 0.717) is 0 Å². The molecular formula is C21H24N3OP. The highest BCUT2D eigenvalue weighted by Crippen LogP contribution is 2.58. The molecule has 3 aromatic rings. The van der Waals surface area contributed by atoms with Crippen LogP contribution < -0.4 is 14.0 Å². The van der Waals surface area contributed by atoms with Gasteiger partial charge in [-0.1, -0.05) is 54.6 Å². The van der Waals surface area contributed by atoms with Crippen molar-refractivity contribution in [2.75, 3.05) is 35.2 Å². The Morgan fingerprint density at radius 1 is 0.500 bits per heavy atom. The van der Waals surface area contributed by atoms with E-state index in [4.69, 9.17) is 0 Å². The molecule has 0 saturated heterocycles. The van der Waals surface area contributed by atoms with Crippen molar-refractivity contribution in [2.45, 2.75) is 0 Å². The quantitative estimate of drug-likeness (QED) is 0.539. The average molecular weight is 365 g/mol. The van der Waals surface area contributed by atoms with Crippen molar-refractivity contribution in [1.29, 1.82) is 0 Å². The lowest BCUT2D eigenvalue weighted by molar-refractivity contribution is 0.570. The Balaban J connectivity index is 2.11. The minimum Gasteiger partial charge on any atom is -0.293 e. The first-order valence-corrected chi connectivity index (χ1v) is 10.1. The maximum Gasteiger partial charge on any atom is 0.359 e. The van der Waals surface area contributed by atoms with Crippen LogP contribution in [0.25, 0.3) is 0 Å². The molecule has 0 atom stereocenters.